The molecule has 3 nitrogen and oxygen atoms in total. The zero-order valence-electron chi connectivity index (χ0n) is 14.2. The highest BCUT2D eigenvalue weighted by molar-refractivity contribution is 5.77. The van der Waals surface area contributed by atoms with E-state index in [1.54, 1.807) is 0 Å². The molecule has 0 spiro atoms. The number of carbonyl (C=O) groups is 1. The Hall–Kier alpha value is -2.29. The van der Waals surface area contributed by atoms with E-state index in [1.165, 1.54) is 0 Å². The van der Waals surface area contributed by atoms with Gasteiger partial charge in [0, 0.05) is 0 Å². The third kappa shape index (κ3) is 4.59. The number of carboxylic acid groups (broad SMARTS) is 1. The summed E-state index contributed by atoms with van der Waals surface area (Å²) >= 11 is 0. The molecule has 0 saturated carbocycles. The van der Waals surface area contributed by atoms with Crippen LogP contribution in [0.25, 0.3) is 0 Å². The van der Waals surface area contributed by atoms with E-state index in [-0.39, 0.29) is 6.10 Å². The molecule has 122 valence electrons. The first-order valence-electron chi connectivity index (χ1n) is 7.92. The van der Waals surface area contributed by atoms with E-state index >= 15 is 0 Å². The van der Waals surface area contributed by atoms with Crippen LogP contribution in [0.3, 0.4) is 0 Å². The van der Waals surface area contributed by atoms with E-state index in [2.05, 4.69) is 0 Å². The number of ether oxygens (including phenoxy) is 1. The molecule has 0 aliphatic carbocycles. The van der Waals surface area contributed by atoms with Crippen LogP contribution in [0, 0.1) is 13.8 Å². The van der Waals surface area contributed by atoms with Crippen LogP contribution >= 0.6 is 0 Å². The topological polar surface area (TPSA) is 46.5 Å². The van der Waals surface area contributed by atoms with Gasteiger partial charge in [-0.2, -0.15) is 0 Å². The summed E-state index contributed by atoms with van der Waals surface area (Å²) in [7, 11) is 0. The third-order valence-corrected chi connectivity index (χ3v) is 3.82. The van der Waals surface area contributed by atoms with Crippen LogP contribution in [0.15, 0.2) is 42.5 Å². The number of carboxylic acids is 1. The maximum Gasteiger partial charge on any atom is 0.311 e. The fourth-order valence-corrected chi connectivity index (χ4v) is 2.72. The van der Waals surface area contributed by atoms with Crippen molar-refractivity contribution in [3.8, 4) is 5.75 Å². The first kappa shape index (κ1) is 17.1. The molecule has 0 heterocycles. The zero-order valence-corrected chi connectivity index (χ0v) is 14.2. The minimum absolute atomic E-state index is 0.0968. The fraction of sp³-hybridized carbons (Fsp3) is 0.350. The molecular formula is C20H24O3. The van der Waals surface area contributed by atoms with Gasteiger partial charge in [0.05, 0.1) is 12.0 Å². The molecule has 3 heteroatoms. The molecule has 1 atom stereocenters. The predicted octanol–water partition coefficient (Wildman–Crippen LogP) is 4.50. The second-order valence-electron chi connectivity index (χ2n) is 6.27. The lowest BCUT2D eigenvalue weighted by Gasteiger charge is -2.17. The molecule has 1 unspecified atom stereocenters. The summed E-state index contributed by atoms with van der Waals surface area (Å²) in [5.74, 6) is -0.569. The van der Waals surface area contributed by atoms with Gasteiger partial charge >= 0.3 is 5.97 Å². The second-order valence-corrected chi connectivity index (χ2v) is 6.27. The van der Waals surface area contributed by atoms with Crippen LogP contribution in [-0.4, -0.2) is 17.2 Å². The van der Waals surface area contributed by atoms with Gasteiger partial charge in [-0.05, 0) is 62.9 Å². The van der Waals surface area contributed by atoms with Crippen LogP contribution in [0.5, 0.6) is 5.75 Å². The summed E-state index contributed by atoms with van der Waals surface area (Å²) in [5.41, 5.74) is 3.94. The van der Waals surface area contributed by atoms with Gasteiger partial charge < -0.3 is 9.84 Å². The minimum Gasteiger partial charge on any atom is -0.491 e. The molecule has 1 N–H and O–H groups in total. The molecule has 0 fully saturated rings. The Morgan fingerprint density at radius 2 is 1.87 bits per heavy atom. The van der Waals surface area contributed by atoms with E-state index in [1.807, 2.05) is 70.2 Å². The van der Waals surface area contributed by atoms with Gasteiger partial charge in [0.25, 0.3) is 0 Å². The molecule has 0 aromatic heterocycles. The molecule has 0 amide bonds. The number of aliphatic carboxylic acids is 1. The average molecular weight is 312 g/mol. The van der Waals surface area contributed by atoms with Crippen molar-refractivity contribution in [2.45, 2.75) is 46.1 Å². The van der Waals surface area contributed by atoms with E-state index in [4.69, 9.17) is 4.74 Å². The Morgan fingerprint density at radius 1 is 1.13 bits per heavy atom. The molecule has 0 aliphatic heterocycles. The Labute approximate surface area is 137 Å². The number of hydrogen-bond donors (Lipinski definition) is 1. The lowest BCUT2D eigenvalue weighted by molar-refractivity contribution is -0.138. The maximum atomic E-state index is 11.8. The van der Waals surface area contributed by atoms with Gasteiger partial charge in [0.1, 0.15) is 5.75 Å². The average Bonchev–Trinajstić information content (AvgIpc) is 2.47. The lowest BCUT2D eigenvalue weighted by atomic mass is 9.88. The third-order valence-electron chi connectivity index (χ3n) is 3.82. The van der Waals surface area contributed by atoms with Crippen molar-refractivity contribution in [1.29, 1.82) is 0 Å². The largest absolute Gasteiger partial charge is 0.491 e. The number of hydrogen-bond acceptors (Lipinski definition) is 2. The summed E-state index contributed by atoms with van der Waals surface area (Å²) < 4.78 is 5.70. The SMILES string of the molecule is Cc1ccc(C)c(C(Cc2cccc(OC(C)C)c2)C(=O)O)c1. The van der Waals surface area contributed by atoms with Crippen molar-refractivity contribution in [2.24, 2.45) is 0 Å². The van der Waals surface area contributed by atoms with Gasteiger partial charge in [0.15, 0.2) is 0 Å². The number of aryl methyl sites for hydroxylation is 2. The highest BCUT2D eigenvalue weighted by Gasteiger charge is 2.22. The molecule has 0 bridgehead atoms. The van der Waals surface area contributed by atoms with Crippen LogP contribution in [0.1, 0.15) is 42.0 Å². The first-order valence-corrected chi connectivity index (χ1v) is 7.92. The quantitative estimate of drug-likeness (QED) is 0.854. The molecule has 23 heavy (non-hydrogen) atoms. The van der Waals surface area contributed by atoms with Gasteiger partial charge in [-0.1, -0.05) is 35.9 Å². The van der Waals surface area contributed by atoms with Crippen molar-refractivity contribution in [3.63, 3.8) is 0 Å². The Balaban J connectivity index is 2.30. The second kappa shape index (κ2) is 7.32. The highest BCUT2D eigenvalue weighted by atomic mass is 16.5. The van der Waals surface area contributed by atoms with Crippen molar-refractivity contribution in [3.05, 3.63) is 64.7 Å². The van der Waals surface area contributed by atoms with E-state index in [0.29, 0.717) is 6.42 Å². The van der Waals surface area contributed by atoms with Gasteiger partial charge in [-0.25, -0.2) is 0 Å². The zero-order chi connectivity index (χ0) is 17.0. The summed E-state index contributed by atoms with van der Waals surface area (Å²) in [4.78, 5) is 11.8. The van der Waals surface area contributed by atoms with Gasteiger partial charge in [-0.3, -0.25) is 4.79 Å². The monoisotopic (exact) mass is 312 g/mol. The van der Waals surface area contributed by atoms with E-state index < -0.39 is 11.9 Å². The molecule has 0 radical (unpaired) electrons. The standard InChI is InChI=1S/C20H24O3/c1-13(2)23-17-7-5-6-16(11-17)12-19(20(21)22)18-10-14(3)8-9-15(18)4/h5-11,13,19H,12H2,1-4H3,(H,21,22). The van der Waals surface area contributed by atoms with Crippen LogP contribution in [0.4, 0.5) is 0 Å². The number of benzene rings is 2. The summed E-state index contributed by atoms with van der Waals surface area (Å²) in [6, 6.07) is 13.7. The Morgan fingerprint density at radius 3 is 2.52 bits per heavy atom. The minimum atomic E-state index is -0.797. The van der Waals surface area contributed by atoms with Crippen molar-refractivity contribution in [2.75, 3.05) is 0 Å². The molecule has 2 aromatic carbocycles. The highest BCUT2D eigenvalue weighted by Crippen LogP contribution is 2.27. The van der Waals surface area contributed by atoms with Crippen molar-refractivity contribution in [1.82, 2.24) is 0 Å². The Kier molecular flexibility index (Phi) is 5.43. The predicted molar refractivity (Wildman–Crippen MR) is 92.2 cm³/mol. The molecule has 0 aliphatic rings. The number of rotatable bonds is 6. The summed E-state index contributed by atoms with van der Waals surface area (Å²) in [5, 5.41) is 9.69. The summed E-state index contributed by atoms with van der Waals surface area (Å²) in [6.07, 6.45) is 0.550. The van der Waals surface area contributed by atoms with Crippen LogP contribution < -0.4 is 4.74 Å². The van der Waals surface area contributed by atoms with Crippen molar-refractivity contribution < 1.29 is 14.6 Å². The van der Waals surface area contributed by atoms with Gasteiger partial charge in [-0.15, -0.1) is 0 Å². The molecular weight excluding hydrogens is 288 g/mol. The Bertz CT molecular complexity index is 689. The van der Waals surface area contributed by atoms with Gasteiger partial charge in [0.2, 0.25) is 0 Å². The van der Waals surface area contributed by atoms with E-state index in [9.17, 15) is 9.90 Å². The first-order chi connectivity index (χ1) is 10.9. The molecule has 2 rings (SSSR count). The normalized spacial score (nSPS) is 12.2. The smallest absolute Gasteiger partial charge is 0.311 e. The van der Waals surface area contributed by atoms with Crippen LogP contribution in [0.2, 0.25) is 0 Å². The van der Waals surface area contributed by atoms with Crippen molar-refractivity contribution >= 4 is 5.97 Å². The lowest BCUT2D eigenvalue weighted by Crippen LogP contribution is -2.16. The maximum absolute atomic E-state index is 11.8. The molecule has 0 saturated heterocycles. The van der Waals surface area contributed by atoms with E-state index in [0.717, 1.165) is 28.0 Å². The summed E-state index contributed by atoms with van der Waals surface area (Å²) in [6.45, 7) is 7.90. The van der Waals surface area contributed by atoms with Crippen LogP contribution in [-0.2, 0) is 11.2 Å². The molecule has 2 aromatic rings. The fourth-order valence-electron chi connectivity index (χ4n) is 2.72.